The van der Waals surface area contributed by atoms with Crippen molar-refractivity contribution in [2.45, 2.75) is 20.4 Å². The SMILES string of the molecule is Cc1ccc(Cn2nc(C(=O)Cl)cc2-c2ccc(Cl)c(C)c2)cc1. The predicted octanol–water partition coefficient (Wildman–Crippen LogP) is 5.25. The maximum Gasteiger partial charge on any atom is 0.272 e. The van der Waals surface area contributed by atoms with E-state index in [2.05, 4.69) is 29.4 Å². The third-order valence-corrected chi connectivity index (χ3v) is 4.51. The molecule has 0 unspecified atom stereocenters. The van der Waals surface area contributed by atoms with Gasteiger partial charge in [0.15, 0.2) is 0 Å². The van der Waals surface area contributed by atoms with Crippen molar-refractivity contribution >= 4 is 28.4 Å². The van der Waals surface area contributed by atoms with Gasteiger partial charge in [0.05, 0.1) is 12.2 Å². The molecule has 0 N–H and O–H groups in total. The van der Waals surface area contributed by atoms with Gasteiger partial charge in [-0.1, -0.05) is 47.5 Å². The summed E-state index contributed by atoms with van der Waals surface area (Å²) in [5, 5.41) is 4.50. The van der Waals surface area contributed by atoms with E-state index in [4.69, 9.17) is 23.2 Å². The van der Waals surface area contributed by atoms with Crippen molar-refractivity contribution < 1.29 is 4.79 Å². The number of carbonyl (C=O) groups excluding carboxylic acids is 1. The number of nitrogens with zero attached hydrogens (tertiary/aromatic N) is 2. The molecule has 0 radical (unpaired) electrons. The molecule has 0 saturated heterocycles. The highest BCUT2D eigenvalue weighted by Crippen LogP contribution is 2.26. The van der Waals surface area contributed by atoms with Crippen molar-refractivity contribution in [3.63, 3.8) is 0 Å². The van der Waals surface area contributed by atoms with E-state index < -0.39 is 5.24 Å². The van der Waals surface area contributed by atoms with Crippen LogP contribution in [0, 0.1) is 13.8 Å². The average Bonchev–Trinajstić information content (AvgIpc) is 2.96. The fraction of sp³-hybridized carbons (Fsp3) is 0.158. The van der Waals surface area contributed by atoms with Gasteiger partial charge in [0.1, 0.15) is 5.69 Å². The molecule has 3 rings (SSSR count). The first-order valence-electron chi connectivity index (χ1n) is 7.54. The van der Waals surface area contributed by atoms with E-state index in [1.807, 2.05) is 32.0 Å². The summed E-state index contributed by atoms with van der Waals surface area (Å²) in [4.78, 5) is 11.5. The van der Waals surface area contributed by atoms with E-state index >= 15 is 0 Å². The zero-order valence-corrected chi connectivity index (χ0v) is 14.9. The Morgan fingerprint density at radius 3 is 2.42 bits per heavy atom. The Morgan fingerprint density at radius 1 is 1.08 bits per heavy atom. The summed E-state index contributed by atoms with van der Waals surface area (Å²) >= 11 is 11.7. The van der Waals surface area contributed by atoms with Gasteiger partial charge in [0.25, 0.3) is 5.24 Å². The maximum absolute atomic E-state index is 11.5. The quantitative estimate of drug-likeness (QED) is 0.597. The van der Waals surface area contributed by atoms with Crippen LogP contribution in [0.1, 0.15) is 27.2 Å². The van der Waals surface area contributed by atoms with E-state index in [1.54, 1.807) is 10.7 Å². The van der Waals surface area contributed by atoms with E-state index in [-0.39, 0.29) is 5.69 Å². The van der Waals surface area contributed by atoms with Gasteiger partial charge in [0.2, 0.25) is 0 Å². The summed E-state index contributed by atoms with van der Waals surface area (Å²) in [7, 11) is 0. The van der Waals surface area contributed by atoms with Gasteiger partial charge in [-0.05, 0) is 54.8 Å². The highest BCUT2D eigenvalue weighted by molar-refractivity contribution is 6.67. The van der Waals surface area contributed by atoms with Gasteiger partial charge in [-0.25, -0.2) is 0 Å². The molecular formula is C19H16Cl2N2O. The van der Waals surface area contributed by atoms with Gasteiger partial charge >= 0.3 is 0 Å². The summed E-state index contributed by atoms with van der Waals surface area (Å²) in [5.41, 5.74) is 5.29. The largest absolute Gasteiger partial charge is 0.274 e. The highest BCUT2D eigenvalue weighted by Gasteiger charge is 2.15. The van der Waals surface area contributed by atoms with Crippen LogP contribution in [-0.4, -0.2) is 15.0 Å². The van der Waals surface area contributed by atoms with E-state index in [9.17, 15) is 4.79 Å². The van der Waals surface area contributed by atoms with Gasteiger partial charge in [0, 0.05) is 10.6 Å². The number of carbonyl (C=O) groups is 1. The molecule has 1 aromatic heterocycles. The first-order valence-corrected chi connectivity index (χ1v) is 8.29. The number of aromatic nitrogens is 2. The fourth-order valence-electron chi connectivity index (χ4n) is 2.54. The zero-order chi connectivity index (χ0) is 17.3. The topological polar surface area (TPSA) is 34.9 Å². The minimum absolute atomic E-state index is 0.242. The molecule has 0 aliphatic rings. The number of aryl methyl sites for hydroxylation is 2. The lowest BCUT2D eigenvalue weighted by atomic mass is 10.1. The number of halogens is 2. The average molecular weight is 359 g/mol. The molecule has 0 aliphatic heterocycles. The Bertz CT molecular complexity index is 898. The fourth-order valence-corrected chi connectivity index (χ4v) is 2.75. The molecule has 1 heterocycles. The lowest BCUT2D eigenvalue weighted by Gasteiger charge is -2.09. The molecule has 3 nitrogen and oxygen atoms in total. The van der Waals surface area contributed by atoms with Gasteiger partial charge < -0.3 is 0 Å². The third kappa shape index (κ3) is 3.53. The lowest BCUT2D eigenvalue weighted by Crippen LogP contribution is -2.05. The van der Waals surface area contributed by atoms with Gasteiger partial charge in [-0.3, -0.25) is 9.48 Å². The lowest BCUT2D eigenvalue weighted by molar-refractivity contribution is 0.107. The van der Waals surface area contributed by atoms with Crippen LogP contribution in [0.5, 0.6) is 0 Å². The monoisotopic (exact) mass is 358 g/mol. The van der Waals surface area contributed by atoms with Crippen LogP contribution in [0.4, 0.5) is 0 Å². The third-order valence-electron chi connectivity index (χ3n) is 3.89. The number of benzene rings is 2. The van der Waals surface area contributed by atoms with Crippen LogP contribution in [0.15, 0.2) is 48.5 Å². The van der Waals surface area contributed by atoms with Crippen LogP contribution < -0.4 is 0 Å². The Labute approximate surface area is 150 Å². The summed E-state index contributed by atoms with van der Waals surface area (Å²) in [6.45, 7) is 4.55. The van der Waals surface area contributed by atoms with Crippen molar-refractivity contribution in [3.8, 4) is 11.3 Å². The molecule has 0 saturated carbocycles. The number of rotatable bonds is 4. The van der Waals surface area contributed by atoms with Crippen molar-refractivity contribution in [2.75, 3.05) is 0 Å². The molecule has 0 fully saturated rings. The summed E-state index contributed by atoms with van der Waals surface area (Å²) in [6.07, 6.45) is 0. The molecule has 0 amide bonds. The molecule has 3 aromatic rings. The Morgan fingerprint density at radius 2 is 1.79 bits per heavy atom. The molecule has 0 spiro atoms. The van der Waals surface area contributed by atoms with Gasteiger partial charge in [-0.15, -0.1) is 0 Å². The van der Waals surface area contributed by atoms with E-state index in [0.29, 0.717) is 11.6 Å². The molecule has 0 aliphatic carbocycles. The van der Waals surface area contributed by atoms with Crippen LogP contribution in [0.3, 0.4) is 0 Å². The van der Waals surface area contributed by atoms with Crippen molar-refractivity contribution in [3.05, 3.63) is 75.9 Å². The molecule has 0 atom stereocenters. The summed E-state index contributed by atoms with van der Waals surface area (Å²) in [6, 6.07) is 15.7. The molecule has 0 bridgehead atoms. The Hall–Kier alpha value is -2.10. The normalized spacial score (nSPS) is 10.8. The Balaban J connectivity index is 2.05. The first-order chi connectivity index (χ1) is 11.4. The van der Waals surface area contributed by atoms with Crippen LogP contribution in [0.2, 0.25) is 5.02 Å². The van der Waals surface area contributed by atoms with Crippen molar-refractivity contribution in [2.24, 2.45) is 0 Å². The van der Waals surface area contributed by atoms with Crippen LogP contribution in [-0.2, 0) is 6.54 Å². The van der Waals surface area contributed by atoms with Crippen LogP contribution in [0.25, 0.3) is 11.3 Å². The number of hydrogen-bond donors (Lipinski definition) is 0. The second-order valence-corrected chi connectivity index (χ2v) is 6.55. The first kappa shape index (κ1) is 16.7. The van der Waals surface area contributed by atoms with Crippen molar-refractivity contribution in [1.82, 2.24) is 9.78 Å². The molecule has 5 heteroatoms. The standard InChI is InChI=1S/C19H16Cl2N2O/c1-12-3-5-14(6-4-12)11-23-18(10-17(22-23)19(21)24)15-7-8-16(20)13(2)9-15/h3-10H,11H2,1-2H3. The number of hydrogen-bond acceptors (Lipinski definition) is 2. The molecule has 24 heavy (non-hydrogen) atoms. The zero-order valence-electron chi connectivity index (χ0n) is 13.4. The van der Waals surface area contributed by atoms with Crippen LogP contribution >= 0.6 is 23.2 Å². The van der Waals surface area contributed by atoms with E-state index in [0.717, 1.165) is 22.4 Å². The second kappa shape index (κ2) is 6.80. The minimum Gasteiger partial charge on any atom is -0.274 e. The predicted molar refractivity (Wildman–Crippen MR) is 97.9 cm³/mol. The smallest absolute Gasteiger partial charge is 0.272 e. The summed E-state index contributed by atoms with van der Waals surface area (Å²) in [5.74, 6) is 0. The van der Waals surface area contributed by atoms with Gasteiger partial charge in [-0.2, -0.15) is 5.10 Å². The maximum atomic E-state index is 11.5. The minimum atomic E-state index is -0.565. The molecule has 2 aromatic carbocycles. The molecular weight excluding hydrogens is 343 g/mol. The highest BCUT2D eigenvalue weighted by atomic mass is 35.5. The Kier molecular flexibility index (Phi) is 4.74. The summed E-state index contributed by atoms with van der Waals surface area (Å²) < 4.78 is 1.79. The van der Waals surface area contributed by atoms with E-state index in [1.165, 1.54) is 5.56 Å². The van der Waals surface area contributed by atoms with Crippen molar-refractivity contribution in [1.29, 1.82) is 0 Å². The molecule has 122 valence electrons. The second-order valence-electron chi connectivity index (χ2n) is 5.80.